The molecular formula is C14H16FNO2. The molecule has 1 aromatic heterocycles. The highest BCUT2D eigenvalue weighted by atomic mass is 19.1. The maximum Gasteiger partial charge on any atom is 0.137 e. The first kappa shape index (κ1) is 11.7. The number of benzene rings is 1. The van der Waals surface area contributed by atoms with Crippen molar-refractivity contribution in [3.63, 3.8) is 0 Å². The predicted molar refractivity (Wildman–Crippen MR) is 66.8 cm³/mol. The van der Waals surface area contributed by atoms with Gasteiger partial charge < -0.3 is 14.9 Å². The third-order valence-corrected chi connectivity index (χ3v) is 3.71. The van der Waals surface area contributed by atoms with Gasteiger partial charge in [0.2, 0.25) is 0 Å². The van der Waals surface area contributed by atoms with E-state index in [0.29, 0.717) is 12.2 Å². The number of halogens is 1. The van der Waals surface area contributed by atoms with Gasteiger partial charge in [-0.25, -0.2) is 4.39 Å². The van der Waals surface area contributed by atoms with Gasteiger partial charge in [0.05, 0.1) is 12.6 Å². The molecule has 1 saturated heterocycles. The number of ether oxygens (including phenoxy) is 1. The molecule has 0 bridgehead atoms. The molecule has 18 heavy (non-hydrogen) atoms. The Morgan fingerprint density at radius 3 is 3.00 bits per heavy atom. The summed E-state index contributed by atoms with van der Waals surface area (Å²) in [6, 6.07) is 4.41. The van der Waals surface area contributed by atoms with Crippen molar-refractivity contribution < 1.29 is 13.5 Å². The van der Waals surface area contributed by atoms with E-state index in [1.165, 1.54) is 12.1 Å². The van der Waals surface area contributed by atoms with E-state index in [1.807, 2.05) is 6.92 Å². The molecule has 3 nitrogen and oxygen atoms in total. The molecule has 2 N–H and O–H groups in total. The van der Waals surface area contributed by atoms with Crippen molar-refractivity contribution in [1.29, 1.82) is 0 Å². The molecule has 0 amide bonds. The third-order valence-electron chi connectivity index (χ3n) is 3.71. The quantitative estimate of drug-likeness (QED) is 0.890. The Balaban J connectivity index is 2.03. The van der Waals surface area contributed by atoms with Gasteiger partial charge in [-0.2, -0.15) is 0 Å². The number of nitrogens with two attached hydrogens (primary N) is 1. The number of hydrogen-bond donors (Lipinski definition) is 1. The lowest BCUT2D eigenvalue weighted by Crippen LogP contribution is -2.21. The van der Waals surface area contributed by atoms with Crippen molar-refractivity contribution in [2.45, 2.75) is 19.4 Å². The zero-order chi connectivity index (χ0) is 12.7. The second-order valence-corrected chi connectivity index (χ2v) is 4.88. The number of rotatable bonds is 2. The Hall–Kier alpha value is -1.39. The van der Waals surface area contributed by atoms with Crippen LogP contribution in [0, 0.1) is 18.7 Å². The van der Waals surface area contributed by atoms with Crippen LogP contribution in [0.25, 0.3) is 11.0 Å². The first-order valence-electron chi connectivity index (χ1n) is 6.18. The minimum Gasteiger partial charge on any atom is -0.459 e. The van der Waals surface area contributed by atoms with Crippen LogP contribution in [-0.2, 0) is 4.74 Å². The zero-order valence-electron chi connectivity index (χ0n) is 10.3. The van der Waals surface area contributed by atoms with Gasteiger partial charge in [0.25, 0.3) is 0 Å². The second kappa shape index (κ2) is 4.37. The van der Waals surface area contributed by atoms with E-state index in [-0.39, 0.29) is 17.8 Å². The Bertz CT molecular complexity index is 572. The Morgan fingerprint density at radius 1 is 1.44 bits per heavy atom. The normalized spacial score (nSPS) is 21.6. The first-order valence-corrected chi connectivity index (χ1v) is 6.18. The molecule has 0 spiro atoms. The van der Waals surface area contributed by atoms with E-state index in [9.17, 15) is 4.39 Å². The summed E-state index contributed by atoms with van der Waals surface area (Å²) < 4.78 is 24.3. The van der Waals surface area contributed by atoms with Crippen molar-refractivity contribution in [3.05, 3.63) is 35.3 Å². The van der Waals surface area contributed by atoms with Crippen molar-refractivity contribution >= 4 is 11.0 Å². The standard InChI is InChI=1S/C14H16FNO2/c1-8-11-3-2-10(15)6-12(11)18-14(8)13(16)9-4-5-17-7-9/h2-3,6,9,13H,4-5,7,16H2,1H3. The highest BCUT2D eigenvalue weighted by molar-refractivity contribution is 5.82. The number of fused-ring (bicyclic) bond motifs is 1. The molecule has 0 radical (unpaired) electrons. The number of furan rings is 1. The number of hydrogen-bond acceptors (Lipinski definition) is 3. The maximum absolute atomic E-state index is 13.2. The molecule has 0 saturated carbocycles. The van der Waals surface area contributed by atoms with E-state index >= 15 is 0 Å². The lowest BCUT2D eigenvalue weighted by Gasteiger charge is -2.15. The summed E-state index contributed by atoms with van der Waals surface area (Å²) in [5.74, 6) is 0.751. The molecule has 1 aliphatic heterocycles. The van der Waals surface area contributed by atoms with Gasteiger partial charge in [-0.3, -0.25) is 0 Å². The van der Waals surface area contributed by atoms with Gasteiger partial charge in [0.15, 0.2) is 0 Å². The molecule has 2 aromatic rings. The van der Waals surface area contributed by atoms with E-state index in [4.69, 9.17) is 14.9 Å². The van der Waals surface area contributed by atoms with Crippen molar-refractivity contribution in [1.82, 2.24) is 0 Å². The average molecular weight is 249 g/mol. The van der Waals surface area contributed by atoms with Gasteiger partial charge in [-0.05, 0) is 31.0 Å². The molecule has 2 unspecified atom stereocenters. The van der Waals surface area contributed by atoms with Gasteiger partial charge in [0, 0.05) is 24.0 Å². The summed E-state index contributed by atoms with van der Waals surface area (Å²) in [4.78, 5) is 0. The molecule has 96 valence electrons. The summed E-state index contributed by atoms with van der Waals surface area (Å²) in [5, 5.41) is 0.931. The number of aryl methyl sites for hydroxylation is 1. The van der Waals surface area contributed by atoms with Crippen LogP contribution in [0.2, 0.25) is 0 Å². The predicted octanol–water partition coefficient (Wildman–Crippen LogP) is 2.92. The minimum absolute atomic E-state index is 0.178. The minimum atomic E-state index is -0.291. The van der Waals surface area contributed by atoms with E-state index in [0.717, 1.165) is 29.7 Å². The summed E-state index contributed by atoms with van der Waals surface area (Å²) in [5.41, 5.74) is 7.81. The summed E-state index contributed by atoms with van der Waals surface area (Å²) in [6.07, 6.45) is 0.950. The molecule has 1 fully saturated rings. The van der Waals surface area contributed by atoms with E-state index in [2.05, 4.69) is 0 Å². The fourth-order valence-corrected chi connectivity index (χ4v) is 2.59. The second-order valence-electron chi connectivity index (χ2n) is 4.88. The van der Waals surface area contributed by atoms with Crippen LogP contribution in [0.15, 0.2) is 22.6 Å². The SMILES string of the molecule is Cc1c(C(N)C2CCOC2)oc2cc(F)ccc12. The molecular weight excluding hydrogens is 233 g/mol. The smallest absolute Gasteiger partial charge is 0.137 e. The topological polar surface area (TPSA) is 48.4 Å². The van der Waals surface area contributed by atoms with E-state index in [1.54, 1.807) is 6.07 Å². The van der Waals surface area contributed by atoms with E-state index < -0.39 is 0 Å². The van der Waals surface area contributed by atoms with Crippen LogP contribution in [0.5, 0.6) is 0 Å². The van der Waals surface area contributed by atoms with Crippen molar-refractivity contribution in [2.75, 3.05) is 13.2 Å². The van der Waals surface area contributed by atoms with Gasteiger partial charge in [-0.1, -0.05) is 0 Å². The highest BCUT2D eigenvalue weighted by Crippen LogP contribution is 2.34. The fourth-order valence-electron chi connectivity index (χ4n) is 2.59. The van der Waals surface area contributed by atoms with Crippen LogP contribution in [0.1, 0.15) is 23.8 Å². The molecule has 2 heterocycles. The molecule has 3 rings (SSSR count). The Morgan fingerprint density at radius 2 is 2.28 bits per heavy atom. The van der Waals surface area contributed by atoms with Gasteiger partial charge in [0.1, 0.15) is 17.2 Å². The van der Waals surface area contributed by atoms with Gasteiger partial charge >= 0.3 is 0 Å². The van der Waals surface area contributed by atoms with Crippen molar-refractivity contribution in [2.24, 2.45) is 11.7 Å². The van der Waals surface area contributed by atoms with Crippen molar-refractivity contribution in [3.8, 4) is 0 Å². The maximum atomic E-state index is 13.2. The monoisotopic (exact) mass is 249 g/mol. The highest BCUT2D eigenvalue weighted by Gasteiger charge is 2.28. The van der Waals surface area contributed by atoms with Crippen LogP contribution in [0.3, 0.4) is 0 Å². The van der Waals surface area contributed by atoms with Crippen LogP contribution in [0.4, 0.5) is 4.39 Å². The Labute approximate surface area is 105 Å². The molecule has 2 atom stereocenters. The summed E-state index contributed by atoms with van der Waals surface area (Å²) in [7, 11) is 0. The fraction of sp³-hybridized carbons (Fsp3) is 0.429. The van der Waals surface area contributed by atoms with Crippen LogP contribution < -0.4 is 5.73 Å². The van der Waals surface area contributed by atoms with Gasteiger partial charge in [-0.15, -0.1) is 0 Å². The largest absolute Gasteiger partial charge is 0.459 e. The average Bonchev–Trinajstić information content (AvgIpc) is 2.97. The summed E-state index contributed by atoms with van der Waals surface area (Å²) in [6.45, 7) is 3.40. The molecule has 1 aromatic carbocycles. The first-order chi connectivity index (χ1) is 8.66. The third kappa shape index (κ3) is 1.82. The molecule has 0 aliphatic carbocycles. The van der Waals surface area contributed by atoms with Crippen LogP contribution >= 0.6 is 0 Å². The molecule has 1 aliphatic rings. The van der Waals surface area contributed by atoms with Crippen LogP contribution in [-0.4, -0.2) is 13.2 Å². The lowest BCUT2D eigenvalue weighted by atomic mass is 9.95. The Kier molecular flexibility index (Phi) is 2.84. The lowest BCUT2D eigenvalue weighted by molar-refractivity contribution is 0.178. The molecule has 4 heteroatoms. The zero-order valence-corrected chi connectivity index (χ0v) is 10.3. The summed E-state index contributed by atoms with van der Waals surface area (Å²) >= 11 is 0.